The maximum absolute atomic E-state index is 10.5. The van der Waals surface area contributed by atoms with Crippen molar-refractivity contribution in [2.75, 3.05) is 0 Å². The summed E-state index contributed by atoms with van der Waals surface area (Å²) >= 11 is 0. The van der Waals surface area contributed by atoms with Gasteiger partial charge in [-0.25, -0.2) is 0 Å². The Labute approximate surface area is 121 Å². The summed E-state index contributed by atoms with van der Waals surface area (Å²) in [6, 6.07) is 15.7. The number of benzene rings is 2. The molecule has 0 spiro atoms. The molecule has 106 valence electrons. The van der Waals surface area contributed by atoms with Gasteiger partial charge >= 0.3 is 0 Å². The fourth-order valence-corrected chi connectivity index (χ4v) is 2.21. The third-order valence-electron chi connectivity index (χ3n) is 3.22. The van der Waals surface area contributed by atoms with E-state index < -0.39 is 6.10 Å². The van der Waals surface area contributed by atoms with Crippen LogP contribution in [0.4, 0.5) is 0 Å². The van der Waals surface area contributed by atoms with Gasteiger partial charge < -0.3 is 9.84 Å². The first-order chi connectivity index (χ1) is 9.60. The highest BCUT2D eigenvalue weighted by Crippen LogP contribution is 2.26. The molecule has 0 aromatic heterocycles. The minimum absolute atomic E-state index is 0.130. The number of hydrogen-bond acceptors (Lipinski definition) is 2. The van der Waals surface area contributed by atoms with Crippen LogP contribution >= 0.6 is 0 Å². The smallest absolute Gasteiger partial charge is 0.120 e. The van der Waals surface area contributed by atoms with Crippen LogP contribution in [0.15, 0.2) is 48.5 Å². The topological polar surface area (TPSA) is 29.5 Å². The lowest BCUT2D eigenvalue weighted by Gasteiger charge is -2.15. The predicted molar refractivity (Wildman–Crippen MR) is 82.1 cm³/mol. The first-order valence-electron chi connectivity index (χ1n) is 7.13. The Kier molecular flexibility index (Phi) is 4.80. The van der Waals surface area contributed by atoms with Gasteiger partial charge in [-0.1, -0.05) is 43.3 Å². The molecule has 0 heterocycles. The predicted octanol–water partition coefficient (Wildman–Crippen LogP) is 4.12. The van der Waals surface area contributed by atoms with Crippen LogP contribution in [0.2, 0.25) is 0 Å². The molecule has 2 nitrogen and oxygen atoms in total. The van der Waals surface area contributed by atoms with E-state index in [9.17, 15) is 5.11 Å². The van der Waals surface area contributed by atoms with E-state index in [-0.39, 0.29) is 6.10 Å². The van der Waals surface area contributed by atoms with E-state index in [0.717, 1.165) is 23.3 Å². The summed E-state index contributed by atoms with van der Waals surface area (Å²) in [5.41, 5.74) is 3.01. The van der Waals surface area contributed by atoms with E-state index in [0.29, 0.717) is 0 Å². The molecule has 0 aliphatic carbocycles. The molecule has 1 N–H and O–H groups in total. The Morgan fingerprint density at radius 1 is 1.00 bits per heavy atom. The van der Waals surface area contributed by atoms with Gasteiger partial charge in [0.25, 0.3) is 0 Å². The summed E-state index contributed by atoms with van der Waals surface area (Å²) in [6.07, 6.45) is 0.486. The monoisotopic (exact) mass is 270 g/mol. The van der Waals surface area contributed by atoms with Crippen LogP contribution in [0, 0.1) is 0 Å². The Morgan fingerprint density at radius 3 is 2.30 bits per heavy atom. The van der Waals surface area contributed by atoms with Crippen molar-refractivity contribution < 1.29 is 9.84 Å². The van der Waals surface area contributed by atoms with Gasteiger partial charge in [0.15, 0.2) is 0 Å². The average molecular weight is 270 g/mol. The van der Waals surface area contributed by atoms with Crippen LogP contribution in [0.5, 0.6) is 5.75 Å². The fraction of sp³-hybridized carbons (Fsp3) is 0.333. The Bertz CT molecular complexity index is 561. The van der Waals surface area contributed by atoms with Gasteiger partial charge in [0.2, 0.25) is 0 Å². The lowest BCUT2D eigenvalue weighted by atomic mass is 9.99. The van der Waals surface area contributed by atoms with Crippen LogP contribution in [-0.4, -0.2) is 11.2 Å². The van der Waals surface area contributed by atoms with Crippen molar-refractivity contribution in [3.63, 3.8) is 0 Å². The van der Waals surface area contributed by atoms with Crippen LogP contribution in [0.1, 0.15) is 43.6 Å². The standard InChI is InChI=1S/C18H22O2/c1-4-14-7-5-8-15(11-14)18(19)16-9-6-10-17(12-16)20-13(2)3/h5-13,18-19H,4H2,1-3H3. The molecule has 0 saturated carbocycles. The van der Waals surface area contributed by atoms with E-state index in [1.807, 2.05) is 50.2 Å². The Balaban J connectivity index is 2.25. The summed E-state index contributed by atoms with van der Waals surface area (Å²) < 4.78 is 5.67. The zero-order valence-corrected chi connectivity index (χ0v) is 12.3. The molecule has 0 aliphatic rings. The molecule has 0 aliphatic heterocycles. The third kappa shape index (κ3) is 3.61. The number of hydrogen-bond donors (Lipinski definition) is 1. The summed E-state index contributed by atoms with van der Waals surface area (Å²) in [4.78, 5) is 0. The van der Waals surface area contributed by atoms with Gasteiger partial charge in [0.05, 0.1) is 6.10 Å². The molecule has 2 rings (SSSR count). The number of rotatable bonds is 5. The van der Waals surface area contributed by atoms with E-state index >= 15 is 0 Å². The summed E-state index contributed by atoms with van der Waals surface area (Å²) in [6.45, 7) is 6.10. The number of aliphatic hydroxyl groups is 1. The highest BCUT2D eigenvalue weighted by Gasteiger charge is 2.11. The van der Waals surface area contributed by atoms with Crippen molar-refractivity contribution in [1.29, 1.82) is 0 Å². The first kappa shape index (κ1) is 14.6. The van der Waals surface area contributed by atoms with Crippen molar-refractivity contribution in [1.82, 2.24) is 0 Å². The Hall–Kier alpha value is -1.80. The molecule has 0 amide bonds. The second-order valence-electron chi connectivity index (χ2n) is 5.24. The van der Waals surface area contributed by atoms with E-state index in [4.69, 9.17) is 4.74 Å². The third-order valence-corrected chi connectivity index (χ3v) is 3.22. The molecule has 2 heteroatoms. The van der Waals surface area contributed by atoms with Crippen LogP contribution in [0.25, 0.3) is 0 Å². The van der Waals surface area contributed by atoms with E-state index in [2.05, 4.69) is 19.1 Å². The quantitative estimate of drug-likeness (QED) is 0.885. The molecule has 1 atom stereocenters. The Morgan fingerprint density at radius 2 is 1.65 bits per heavy atom. The van der Waals surface area contributed by atoms with Gasteiger partial charge in [-0.05, 0) is 49.1 Å². The zero-order chi connectivity index (χ0) is 14.5. The molecule has 2 aromatic rings. The molecular formula is C18H22O2. The lowest BCUT2D eigenvalue weighted by Crippen LogP contribution is -2.06. The van der Waals surface area contributed by atoms with Crippen LogP contribution in [-0.2, 0) is 6.42 Å². The lowest BCUT2D eigenvalue weighted by molar-refractivity contribution is 0.216. The summed E-state index contributed by atoms with van der Waals surface area (Å²) in [5, 5.41) is 10.5. The molecular weight excluding hydrogens is 248 g/mol. The molecule has 2 aromatic carbocycles. The van der Waals surface area contributed by atoms with Gasteiger partial charge in [-0.3, -0.25) is 0 Å². The molecule has 0 bridgehead atoms. The van der Waals surface area contributed by atoms with Crippen molar-refractivity contribution >= 4 is 0 Å². The average Bonchev–Trinajstić information content (AvgIpc) is 2.46. The van der Waals surface area contributed by atoms with Crippen molar-refractivity contribution in [2.45, 2.75) is 39.4 Å². The van der Waals surface area contributed by atoms with Gasteiger partial charge in [0, 0.05) is 0 Å². The van der Waals surface area contributed by atoms with Crippen molar-refractivity contribution in [3.05, 3.63) is 65.2 Å². The van der Waals surface area contributed by atoms with Crippen LogP contribution in [0.3, 0.4) is 0 Å². The highest BCUT2D eigenvalue weighted by atomic mass is 16.5. The summed E-state index contributed by atoms with van der Waals surface area (Å²) in [7, 11) is 0. The van der Waals surface area contributed by atoms with Gasteiger partial charge in [0.1, 0.15) is 11.9 Å². The zero-order valence-electron chi connectivity index (χ0n) is 12.3. The van der Waals surface area contributed by atoms with Crippen molar-refractivity contribution in [2.24, 2.45) is 0 Å². The molecule has 0 radical (unpaired) electrons. The number of aryl methyl sites for hydroxylation is 1. The number of ether oxygens (including phenoxy) is 1. The van der Waals surface area contributed by atoms with Gasteiger partial charge in [-0.2, -0.15) is 0 Å². The van der Waals surface area contributed by atoms with Crippen LogP contribution < -0.4 is 4.74 Å². The highest BCUT2D eigenvalue weighted by molar-refractivity contribution is 5.36. The molecule has 0 saturated heterocycles. The maximum atomic E-state index is 10.5. The van der Waals surface area contributed by atoms with E-state index in [1.54, 1.807) is 0 Å². The molecule has 20 heavy (non-hydrogen) atoms. The van der Waals surface area contributed by atoms with E-state index in [1.165, 1.54) is 5.56 Å². The first-order valence-corrected chi connectivity index (χ1v) is 7.13. The largest absolute Gasteiger partial charge is 0.491 e. The fourth-order valence-electron chi connectivity index (χ4n) is 2.21. The second-order valence-corrected chi connectivity index (χ2v) is 5.24. The van der Waals surface area contributed by atoms with Gasteiger partial charge in [-0.15, -0.1) is 0 Å². The SMILES string of the molecule is CCc1cccc(C(O)c2cccc(OC(C)C)c2)c1. The van der Waals surface area contributed by atoms with Crippen molar-refractivity contribution in [3.8, 4) is 5.75 Å². The number of aliphatic hydroxyl groups excluding tert-OH is 1. The normalized spacial score (nSPS) is 12.4. The maximum Gasteiger partial charge on any atom is 0.120 e. The minimum atomic E-state index is -0.614. The summed E-state index contributed by atoms with van der Waals surface area (Å²) in [5.74, 6) is 0.795. The second kappa shape index (κ2) is 6.58. The minimum Gasteiger partial charge on any atom is -0.491 e. The molecule has 1 unspecified atom stereocenters. The molecule has 0 fully saturated rings.